The zero-order chi connectivity index (χ0) is 15.4. The first kappa shape index (κ1) is 15.2. The zero-order valence-corrected chi connectivity index (χ0v) is 13.4. The van der Waals surface area contributed by atoms with Crippen molar-refractivity contribution in [2.75, 3.05) is 0 Å². The molecular weight excluding hydrogens is 317 g/mol. The molecule has 0 spiro atoms. The first-order chi connectivity index (χ1) is 10.7. The van der Waals surface area contributed by atoms with Gasteiger partial charge in [0.1, 0.15) is 18.8 Å². The van der Waals surface area contributed by atoms with Gasteiger partial charge in [0, 0.05) is 21.2 Å². The van der Waals surface area contributed by atoms with E-state index >= 15 is 0 Å². The van der Waals surface area contributed by atoms with E-state index in [4.69, 9.17) is 27.6 Å². The van der Waals surface area contributed by atoms with Gasteiger partial charge >= 0.3 is 0 Å². The fourth-order valence-electron chi connectivity index (χ4n) is 2.33. The van der Waals surface area contributed by atoms with Crippen LogP contribution >= 0.6 is 23.2 Å². The first-order valence-electron chi connectivity index (χ1n) is 7.11. The highest BCUT2D eigenvalue weighted by Gasteiger charge is 2.08. The van der Waals surface area contributed by atoms with Crippen LogP contribution in [-0.4, -0.2) is 0 Å². The molecule has 0 atom stereocenters. The minimum Gasteiger partial charge on any atom is -0.455 e. The van der Waals surface area contributed by atoms with Gasteiger partial charge in [-0.2, -0.15) is 0 Å². The second kappa shape index (κ2) is 7.01. The maximum atomic E-state index is 6.03. The number of hydrogen-bond acceptors (Lipinski definition) is 1. The van der Waals surface area contributed by atoms with Crippen LogP contribution in [0, 0.1) is 0 Å². The second-order valence-corrected chi connectivity index (χ2v) is 5.98. The number of furan rings is 1. The molecule has 0 aliphatic heterocycles. The molecule has 3 rings (SSSR count). The van der Waals surface area contributed by atoms with Gasteiger partial charge in [0.05, 0.1) is 0 Å². The van der Waals surface area contributed by atoms with Crippen molar-refractivity contribution in [3.05, 3.63) is 82.0 Å². The molecular formula is C18H16Cl2NO+. The lowest BCUT2D eigenvalue weighted by Crippen LogP contribution is -2.80. The largest absolute Gasteiger partial charge is 0.455 e. The first-order valence-corrected chi connectivity index (χ1v) is 7.87. The lowest BCUT2D eigenvalue weighted by Gasteiger charge is -2.01. The van der Waals surface area contributed by atoms with Crippen LogP contribution in [0.25, 0.3) is 11.3 Å². The Kier molecular flexibility index (Phi) is 4.84. The van der Waals surface area contributed by atoms with Crippen LogP contribution in [0.15, 0.2) is 65.1 Å². The quantitative estimate of drug-likeness (QED) is 0.731. The molecule has 3 aromatic rings. The van der Waals surface area contributed by atoms with Gasteiger partial charge in [0.15, 0.2) is 5.76 Å². The molecule has 0 amide bonds. The summed E-state index contributed by atoms with van der Waals surface area (Å²) < 4.78 is 5.87. The maximum absolute atomic E-state index is 6.03. The van der Waals surface area contributed by atoms with Gasteiger partial charge in [-0.25, -0.2) is 0 Å². The normalized spacial score (nSPS) is 10.8. The van der Waals surface area contributed by atoms with Crippen LogP contribution in [0.3, 0.4) is 0 Å². The molecule has 0 radical (unpaired) electrons. The van der Waals surface area contributed by atoms with Crippen LogP contribution in [0.1, 0.15) is 11.3 Å². The Balaban J connectivity index is 1.64. The van der Waals surface area contributed by atoms with E-state index in [1.807, 2.05) is 30.3 Å². The Labute approximate surface area is 139 Å². The number of benzene rings is 2. The van der Waals surface area contributed by atoms with Gasteiger partial charge in [0.25, 0.3) is 0 Å². The van der Waals surface area contributed by atoms with Crippen LogP contribution < -0.4 is 5.32 Å². The summed E-state index contributed by atoms with van der Waals surface area (Å²) in [6.07, 6.45) is 0. The molecule has 1 heterocycles. The van der Waals surface area contributed by atoms with E-state index in [1.165, 1.54) is 5.56 Å². The average molecular weight is 333 g/mol. The van der Waals surface area contributed by atoms with Gasteiger partial charge in [0.2, 0.25) is 0 Å². The van der Waals surface area contributed by atoms with E-state index in [0.29, 0.717) is 10.0 Å². The summed E-state index contributed by atoms with van der Waals surface area (Å²) in [6, 6.07) is 19.7. The second-order valence-electron chi connectivity index (χ2n) is 5.11. The highest BCUT2D eigenvalue weighted by Crippen LogP contribution is 2.28. The summed E-state index contributed by atoms with van der Waals surface area (Å²) in [6.45, 7) is 1.73. The molecule has 22 heavy (non-hydrogen) atoms. The average Bonchev–Trinajstić information content (AvgIpc) is 2.96. The van der Waals surface area contributed by atoms with E-state index in [9.17, 15) is 0 Å². The van der Waals surface area contributed by atoms with Crippen LogP contribution in [0.4, 0.5) is 0 Å². The zero-order valence-electron chi connectivity index (χ0n) is 11.9. The third kappa shape index (κ3) is 3.92. The third-order valence-corrected chi connectivity index (χ3v) is 3.81. The third-order valence-electron chi connectivity index (χ3n) is 3.38. The maximum Gasteiger partial charge on any atom is 0.158 e. The van der Waals surface area contributed by atoms with Gasteiger partial charge in [-0.15, -0.1) is 0 Å². The number of rotatable bonds is 5. The number of halogens is 2. The topological polar surface area (TPSA) is 29.8 Å². The summed E-state index contributed by atoms with van der Waals surface area (Å²) in [5.74, 6) is 1.72. The van der Waals surface area contributed by atoms with E-state index in [2.05, 4.69) is 29.6 Å². The molecule has 2 nitrogen and oxygen atoms in total. The van der Waals surface area contributed by atoms with Crippen molar-refractivity contribution in [3.8, 4) is 11.3 Å². The predicted octanol–water partition coefficient (Wildman–Crippen LogP) is 4.52. The Morgan fingerprint density at radius 1 is 0.818 bits per heavy atom. The summed E-state index contributed by atoms with van der Waals surface area (Å²) in [7, 11) is 0. The molecule has 0 aliphatic carbocycles. The van der Waals surface area contributed by atoms with Crippen LogP contribution in [0.2, 0.25) is 10.0 Å². The van der Waals surface area contributed by atoms with Crippen molar-refractivity contribution >= 4 is 23.2 Å². The summed E-state index contributed by atoms with van der Waals surface area (Å²) >= 11 is 12.1. The Bertz CT molecular complexity index is 733. The SMILES string of the molecule is Clc1cc(Cl)cc(-c2ccc(C[NH2+]Cc3ccccc3)o2)c1. The van der Waals surface area contributed by atoms with Crippen molar-refractivity contribution in [1.29, 1.82) is 0 Å². The van der Waals surface area contributed by atoms with Crippen molar-refractivity contribution in [2.24, 2.45) is 0 Å². The van der Waals surface area contributed by atoms with E-state index < -0.39 is 0 Å². The summed E-state index contributed by atoms with van der Waals surface area (Å²) in [5.41, 5.74) is 2.20. The highest BCUT2D eigenvalue weighted by atomic mass is 35.5. The molecule has 0 bridgehead atoms. The van der Waals surface area contributed by atoms with Gasteiger partial charge < -0.3 is 9.73 Å². The van der Waals surface area contributed by atoms with Crippen molar-refractivity contribution < 1.29 is 9.73 Å². The number of nitrogens with two attached hydrogens (primary N) is 1. The fraction of sp³-hybridized carbons (Fsp3) is 0.111. The number of hydrogen-bond donors (Lipinski definition) is 1. The Morgan fingerprint density at radius 2 is 1.55 bits per heavy atom. The Hall–Kier alpha value is -1.74. The highest BCUT2D eigenvalue weighted by molar-refractivity contribution is 6.35. The molecule has 2 N–H and O–H groups in total. The van der Waals surface area contributed by atoms with Crippen molar-refractivity contribution in [3.63, 3.8) is 0 Å². The van der Waals surface area contributed by atoms with Crippen molar-refractivity contribution in [2.45, 2.75) is 13.1 Å². The van der Waals surface area contributed by atoms with E-state index in [0.717, 1.165) is 30.2 Å². The molecule has 0 saturated carbocycles. The minimum atomic E-state index is 0.607. The van der Waals surface area contributed by atoms with E-state index in [1.54, 1.807) is 6.07 Å². The lowest BCUT2D eigenvalue weighted by atomic mass is 10.2. The van der Waals surface area contributed by atoms with Gasteiger partial charge in [-0.1, -0.05) is 53.5 Å². The fourth-order valence-corrected chi connectivity index (χ4v) is 2.86. The summed E-state index contributed by atoms with van der Waals surface area (Å²) in [4.78, 5) is 0. The number of quaternary nitrogens is 1. The molecule has 2 aromatic carbocycles. The molecule has 0 saturated heterocycles. The lowest BCUT2D eigenvalue weighted by molar-refractivity contribution is -0.687. The molecule has 0 unspecified atom stereocenters. The van der Waals surface area contributed by atoms with E-state index in [-0.39, 0.29) is 0 Å². The Morgan fingerprint density at radius 3 is 2.27 bits per heavy atom. The van der Waals surface area contributed by atoms with Crippen molar-refractivity contribution in [1.82, 2.24) is 0 Å². The molecule has 1 aromatic heterocycles. The summed E-state index contributed by atoms with van der Waals surface area (Å²) in [5, 5.41) is 3.43. The van der Waals surface area contributed by atoms with Crippen LogP contribution in [-0.2, 0) is 13.1 Å². The monoisotopic (exact) mass is 332 g/mol. The van der Waals surface area contributed by atoms with Crippen LogP contribution in [0.5, 0.6) is 0 Å². The minimum absolute atomic E-state index is 0.607. The van der Waals surface area contributed by atoms with Gasteiger partial charge in [-0.05, 0) is 30.3 Å². The molecule has 0 fully saturated rings. The smallest absolute Gasteiger partial charge is 0.158 e. The molecule has 0 aliphatic rings. The predicted molar refractivity (Wildman–Crippen MR) is 89.9 cm³/mol. The van der Waals surface area contributed by atoms with Gasteiger partial charge in [-0.3, -0.25) is 0 Å². The molecule has 112 valence electrons. The molecule has 4 heteroatoms. The standard InChI is InChI=1S/C18H15Cl2NO/c19-15-8-14(9-16(20)10-15)18-7-6-17(22-18)12-21-11-13-4-2-1-3-5-13/h1-10,21H,11-12H2/p+1.